The maximum absolute atomic E-state index is 5.95. The number of nitrogens with two attached hydrogens (primary N) is 1. The number of methoxy groups -OCH3 is 2. The molecular formula is C15H24BrNO3. The molecule has 0 heterocycles. The van der Waals surface area contributed by atoms with Crippen molar-refractivity contribution in [2.75, 3.05) is 20.8 Å². The van der Waals surface area contributed by atoms with Gasteiger partial charge in [-0.05, 0) is 53.9 Å². The van der Waals surface area contributed by atoms with E-state index in [2.05, 4.69) is 15.9 Å². The molecule has 0 aliphatic rings. The number of ether oxygens (including phenoxy) is 3. The van der Waals surface area contributed by atoms with E-state index in [0.717, 1.165) is 34.4 Å². The zero-order chi connectivity index (χ0) is 15.1. The minimum atomic E-state index is 0.0550. The Morgan fingerprint density at radius 3 is 2.50 bits per heavy atom. The van der Waals surface area contributed by atoms with Crippen LogP contribution in [0.15, 0.2) is 16.6 Å². The molecule has 0 amide bonds. The van der Waals surface area contributed by atoms with E-state index in [4.69, 9.17) is 19.9 Å². The third-order valence-corrected chi connectivity index (χ3v) is 3.48. The summed E-state index contributed by atoms with van der Waals surface area (Å²) in [6, 6.07) is 4.12. The number of benzene rings is 1. The SMILES string of the molecule is COCCC(C)Oc1c(Br)cc(CC(C)N)cc1OC. The Hall–Kier alpha value is -0.780. The van der Waals surface area contributed by atoms with E-state index >= 15 is 0 Å². The molecule has 2 atom stereocenters. The van der Waals surface area contributed by atoms with Crippen molar-refractivity contribution in [1.29, 1.82) is 0 Å². The van der Waals surface area contributed by atoms with Gasteiger partial charge in [-0.15, -0.1) is 0 Å². The van der Waals surface area contributed by atoms with Gasteiger partial charge in [-0.25, -0.2) is 0 Å². The Balaban J connectivity index is 2.89. The predicted octanol–water partition coefficient (Wildman–Crippen LogP) is 3.15. The molecule has 0 radical (unpaired) electrons. The van der Waals surface area contributed by atoms with E-state index < -0.39 is 0 Å². The summed E-state index contributed by atoms with van der Waals surface area (Å²) in [4.78, 5) is 0. The molecular weight excluding hydrogens is 322 g/mol. The molecule has 1 aromatic carbocycles. The van der Waals surface area contributed by atoms with Gasteiger partial charge in [-0.2, -0.15) is 0 Å². The predicted molar refractivity (Wildman–Crippen MR) is 84.6 cm³/mol. The van der Waals surface area contributed by atoms with Crippen molar-refractivity contribution in [3.8, 4) is 11.5 Å². The number of rotatable bonds is 8. The third-order valence-electron chi connectivity index (χ3n) is 2.89. The third kappa shape index (κ3) is 5.31. The van der Waals surface area contributed by atoms with Crippen molar-refractivity contribution < 1.29 is 14.2 Å². The lowest BCUT2D eigenvalue weighted by molar-refractivity contribution is 0.132. The van der Waals surface area contributed by atoms with Crippen LogP contribution in [0.5, 0.6) is 11.5 Å². The average Bonchev–Trinajstić information content (AvgIpc) is 2.38. The fourth-order valence-electron chi connectivity index (χ4n) is 1.92. The first-order chi connectivity index (χ1) is 9.47. The molecule has 0 fully saturated rings. The standard InChI is InChI=1S/C15H24BrNO3/c1-10(17)7-12-8-13(16)15(14(9-12)19-4)20-11(2)5-6-18-3/h8-11H,5-7,17H2,1-4H3. The van der Waals surface area contributed by atoms with Crippen LogP contribution in [0.1, 0.15) is 25.8 Å². The summed E-state index contributed by atoms with van der Waals surface area (Å²) in [5.41, 5.74) is 6.96. The highest BCUT2D eigenvalue weighted by Gasteiger charge is 2.15. The van der Waals surface area contributed by atoms with Gasteiger partial charge in [0.05, 0.1) is 17.7 Å². The Morgan fingerprint density at radius 1 is 1.25 bits per heavy atom. The molecule has 0 spiro atoms. The molecule has 1 aromatic rings. The summed E-state index contributed by atoms with van der Waals surface area (Å²) in [5, 5.41) is 0. The largest absolute Gasteiger partial charge is 0.493 e. The molecule has 4 nitrogen and oxygen atoms in total. The minimum absolute atomic E-state index is 0.0550. The van der Waals surface area contributed by atoms with E-state index in [0.29, 0.717) is 6.61 Å². The first-order valence-corrected chi connectivity index (χ1v) is 7.54. The van der Waals surface area contributed by atoms with Gasteiger partial charge in [0.25, 0.3) is 0 Å². The minimum Gasteiger partial charge on any atom is -0.493 e. The van der Waals surface area contributed by atoms with Gasteiger partial charge < -0.3 is 19.9 Å². The smallest absolute Gasteiger partial charge is 0.175 e. The van der Waals surface area contributed by atoms with Crippen molar-refractivity contribution in [2.24, 2.45) is 5.73 Å². The van der Waals surface area contributed by atoms with Crippen LogP contribution in [0.25, 0.3) is 0 Å². The Morgan fingerprint density at radius 2 is 1.95 bits per heavy atom. The van der Waals surface area contributed by atoms with Crippen LogP contribution in [-0.4, -0.2) is 33.0 Å². The second kappa shape index (κ2) is 8.49. The average molecular weight is 346 g/mol. The molecule has 0 saturated carbocycles. The van der Waals surface area contributed by atoms with Gasteiger partial charge in [0.2, 0.25) is 0 Å². The van der Waals surface area contributed by atoms with Crippen LogP contribution >= 0.6 is 15.9 Å². The molecule has 0 saturated heterocycles. The van der Waals surface area contributed by atoms with Crippen molar-refractivity contribution in [2.45, 2.75) is 38.8 Å². The molecule has 20 heavy (non-hydrogen) atoms. The maximum Gasteiger partial charge on any atom is 0.175 e. The zero-order valence-corrected chi connectivity index (χ0v) is 14.2. The van der Waals surface area contributed by atoms with Gasteiger partial charge >= 0.3 is 0 Å². The summed E-state index contributed by atoms with van der Waals surface area (Å²) < 4.78 is 17.3. The fourth-order valence-corrected chi connectivity index (χ4v) is 2.50. The van der Waals surface area contributed by atoms with Crippen LogP contribution in [0.2, 0.25) is 0 Å². The van der Waals surface area contributed by atoms with E-state index in [1.165, 1.54) is 0 Å². The molecule has 0 aromatic heterocycles. The first-order valence-electron chi connectivity index (χ1n) is 6.75. The lowest BCUT2D eigenvalue weighted by Gasteiger charge is -2.19. The van der Waals surface area contributed by atoms with Gasteiger partial charge in [0.1, 0.15) is 0 Å². The van der Waals surface area contributed by atoms with Crippen LogP contribution in [0, 0.1) is 0 Å². The Bertz CT molecular complexity index is 424. The summed E-state index contributed by atoms with van der Waals surface area (Å²) in [7, 11) is 3.33. The molecule has 1 rings (SSSR count). The monoisotopic (exact) mass is 345 g/mol. The highest BCUT2D eigenvalue weighted by atomic mass is 79.9. The first kappa shape index (κ1) is 17.3. The maximum atomic E-state index is 5.95. The number of halogens is 1. The van der Waals surface area contributed by atoms with Gasteiger partial charge in [-0.3, -0.25) is 0 Å². The number of hydrogen-bond acceptors (Lipinski definition) is 4. The van der Waals surface area contributed by atoms with Crippen molar-refractivity contribution in [3.63, 3.8) is 0 Å². The van der Waals surface area contributed by atoms with Gasteiger partial charge in [0.15, 0.2) is 11.5 Å². The van der Waals surface area contributed by atoms with Crippen molar-refractivity contribution >= 4 is 15.9 Å². The van der Waals surface area contributed by atoms with Crippen LogP contribution in [0.4, 0.5) is 0 Å². The van der Waals surface area contributed by atoms with Crippen molar-refractivity contribution in [1.82, 2.24) is 0 Å². The van der Waals surface area contributed by atoms with Crippen LogP contribution in [-0.2, 0) is 11.2 Å². The molecule has 114 valence electrons. The fraction of sp³-hybridized carbons (Fsp3) is 0.600. The van der Waals surface area contributed by atoms with Gasteiger partial charge in [0, 0.05) is 26.2 Å². The van der Waals surface area contributed by atoms with Crippen LogP contribution in [0.3, 0.4) is 0 Å². The second-order valence-electron chi connectivity index (χ2n) is 5.00. The lowest BCUT2D eigenvalue weighted by atomic mass is 10.1. The van der Waals surface area contributed by atoms with E-state index in [1.54, 1.807) is 14.2 Å². The zero-order valence-electron chi connectivity index (χ0n) is 12.6. The molecule has 0 bridgehead atoms. The summed E-state index contributed by atoms with van der Waals surface area (Å²) in [6.07, 6.45) is 1.68. The highest BCUT2D eigenvalue weighted by molar-refractivity contribution is 9.10. The quantitative estimate of drug-likeness (QED) is 0.786. The van der Waals surface area contributed by atoms with E-state index in [1.807, 2.05) is 26.0 Å². The van der Waals surface area contributed by atoms with Crippen molar-refractivity contribution in [3.05, 3.63) is 22.2 Å². The summed E-state index contributed by atoms with van der Waals surface area (Å²) in [6.45, 7) is 4.67. The molecule has 2 N–H and O–H groups in total. The van der Waals surface area contributed by atoms with Crippen LogP contribution < -0.4 is 15.2 Å². The Labute approximate surface area is 129 Å². The molecule has 0 aliphatic heterocycles. The normalized spacial score (nSPS) is 13.9. The highest BCUT2D eigenvalue weighted by Crippen LogP contribution is 2.37. The van der Waals surface area contributed by atoms with E-state index in [-0.39, 0.29) is 12.1 Å². The lowest BCUT2D eigenvalue weighted by Crippen LogP contribution is -2.18. The summed E-state index contributed by atoms with van der Waals surface area (Å²) in [5.74, 6) is 1.45. The topological polar surface area (TPSA) is 53.7 Å². The second-order valence-corrected chi connectivity index (χ2v) is 5.85. The molecule has 5 heteroatoms. The molecule has 0 aliphatic carbocycles. The molecule has 2 unspecified atom stereocenters. The van der Waals surface area contributed by atoms with E-state index in [9.17, 15) is 0 Å². The summed E-state index contributed by atoms with van der Waals surface area (Å²) >= 11 is 3.55. The Kier molecular flexibility index (Phi) is 7.34. The number of hydrogen-bond donors (Lipinski definition) is 1. The van der Waals surface area contributed by atoms with Gasteiger partial charge in [-0.1, -0.05) is 0 Å².